The standard InChI is InChI=1S/C46H34N2O2.C20H14N4.4BrH/c1-2-11-34-25-37-29-44-35(26-36(37)24-33(34)10-1)12-7-13-43(44)38-27-41(49-22-20-39-18-16-31-8-3-5-14-45(31)47-39)30-42(28-38)50-23-21-40-19-17-32-9-4-6-15-46(32)48-40;1-2-14-10-16-5-6-18(23-16)12-20-8-7-19(24-20)11-17-4-3-15(22-17)9-13(1)21-14;;;;/h1-19,24-30H,20-23H2;1-12,21-22H;4*1H. The van der Waals surface area contributed by atoms with Gasteiger partial charge >= 0.3 is 0 Å². The van der Waals surface area contributed by atoms with Gasteiger partial charge in [-0.2, -0.15) is 0 Å². The van der Waals surface area contributed by atoms with Crippen LogP contribution in [0, 0.1) is 0 Å². The molecule has 2 aliphatic rings. The average Bonchev–Trinajstić information content (AvgIpc) is 4.40. The molecule has 0 amide bonds. The number of nitrogens with zero attached hydrogens (tertiary/aromatic N) is 4. The minimum atomic E-state index is 0. The van der Waals surface area contributed by atoms with Crippen LogP contribution in [-0.4, -0.2) is 43.1 Å². The Hall–Kier alpha value is -7.74. The number of pyridine rings is 2. The van der Waals surface area contributed by atoms with E-state index >= 15 is 0 Å². The van der Waals surface area contributed by atoms with Crippen LogP contribution in [0.2, 0.25) is 0 Å². The molecule has 0 fully saturated rings. The predicted molar refractivity (Wildman–Crippen MR) is 346 cm³/mol. The Kier molecular flexibility index (Phi) is 17.4. The molecule has 2 aliphatic heterocycles. The van der Waals surface area contributed by atoms with E-state index in [4.69, 9.17) is 19.4 Å². The molecule has 0 aliphatic carbocycles. The second-order valence-electron chi connectivity index (χ2n) is 18.7. The van der Waals surface area contributed by atoms with Crippen LogP contribution in [0.4, 0.5) is 0 Å². The minimum Gasteiger partial charge on any atom is -0.493 e. The third kappa shape index (κ3) is 12.5. The van der Waals surface area contributed by atoms with Gasteiger partial charge in [0.2, 0.25) is 0 Å². The molecule has 8 bridgehead atoms. The lowest BCUT2D eigenvalue weighted by Crippen LogP contribution is -2.05. The van der Waals surface area contributed by atoms with Crippen molar-refractivity contribution in [3.8, 4) is 22.6 Å². The molecule has 12 aromatic rings. The highest BCUT2D eigenvalue weighted by Crippen LogP contribution is 2.37. The molecule has 8 nitrogen and oxygen atoms in total. The number of aromatic nitrogens is 6. The molecule has 5 aromatic heterocycles. The summed E-state index contributed by atoms with van der Waals surface area (Å²) in [6.07, 6.45) is 9.45. The first-order valence-electron chi connectivity index (χ1n) is 25.0. The normalized spacial score (nSPS) is 11.3. The lowest BCUT2D eigenvalue weighted by molar-refractivity contribution is 0.305. The van der Waals surface area contributed by atoms with Crippen molar-refractivity contribution in [2.75, 3.05) is 13.2 Å². The molecule has 0 atom stereocenters. The van der Waals surface area contributed by atoms with Crippen LogP contribution in [0.25, 0.3) is 112 Å². The molecule has 0 saturated heterocycles. The molecule has 7 heterocycles. The first-order valence-corrected chi connectivity index (χ1v) is 25.0. The van der Waals surface area contributed by atoms with E-state index in [0.29, 0.717) is 26.1 Å². The van der Waals surface area contributed by atoms with Gasteiger partial charge in [0.05, 0.1) is 47.0 Å². The van der Waals surface area contributed by atoms with E-state index < -0.39 is 0 Å². The first-order chi connectivity index (χ1) is 36.5. The smallest absolute Gasteiger partial charge is 0.123 e. The largest absolute Gasteiger partial charge is 0.493 e. The maximum atomic E-state index is 6.44. The van der Waals surface area contributed by atoms with Crippen molar-refractivity contribution in [2.24, 2.45) is 0 Å². The summed E-state index contributed by atoms with van der Waals surface area (Å²) in [5.74, 6) is 1.54. The van der Waals surface area contributed by atoms with Gasteiger partial charge in [-0.05, 0) is 177 Å². The van der Waals surface area contributed by atoms with E-state index in [1.165, 1.54) is 32.3 Å². The number of fused-ring (bicyclic) bond motifs is 13. The van der Waals surface area contributed by atoms with Gasteiger partial charge in [0.15, 0.2) is 0 Å². The van der Waals surface area contributed by atoms with E-state index in [0.717, 1.165) is 101 Å². The summed E-state index contributed by atoms with van der Waals surface area (Å²) >= 11 is 0. The maximum Gasteiger partial charge on any atom is 0.123 e. The Morgan fingerprint density at radius 1 is 0.321 bits per heavy atom. The van der Waals surface area contributed by atoms with Crippen molar-refractivity contribution in [3.05, 3.63) is 240 Å². The van der Waals surface area contributed by atoms with Crippen LogP contribution in [-0.2, 0) is 12.8 Å². The van der Waals surface area contributed by atoms with Crippen molar-refractivity contribution in [1.82, 2.24) is 29.9 Å². The van der Waals surface area contributed by atoms with Gasteiger partial charge in [0, 0.05) is 63.1 Å². The molecular formula is C66H52Br4N6O2. The Balaban J connectivity index is 0.000000223. The molecular weight excluding hydrogens is 1230 g/mol. The lowest BCUT2D eigenvalue weighted by atomic mass is 9.94. The van der Waals surface area contributed by atoms with Crippen LogP contribution in [0.1, 0.15) is 34.2 Å². The molecule has 7 aromatic carbocycles. The zero-order valence-corrected chi connectivity index (χ0v) is 48.9. The monoisotopic (exact) mass is 1280 g/mol. The summed E-state index contributed by atoms with van der Waals surface area (Å²) < 4.78 is 12.9. The molecule has 2 N–H and O–H groups in total. The number of halogens is 4. The van der Waals surface area contributed by atoms with Crippen LogP contribution >= 0.6 is 67.9 Å². The number of aromatic amines is 2. The molecule has 386 valence electrons. The number of H-pyrrole nitrogens is 2. The fourth-order valence-electron chi connectivity index (χ4n) is 9.85. The molecule has 0 unspecified atom stereocenters. The number of para-hydroxylation sites is 2. The molecule has 0 saturated carbocycles. The Morgan fingerprint density at radius 3 is 1.28 bits per heavy atom. The van der Waals surface area contributed by atoms with Crippen molar-refractivity contribution in [3.63, 3.8) is 0 Å². The van der Waals surface area contributed by atoms with Gasteiger partial charge in [-0.3, -0.25) is 9.97 Å². The number of rotatable bonds is 9. The zero-order valence-electron chi connectivity index (χ0n) is 42.0. The summed E-state index contributed by atoms with van der Waals surface area (Å²) in [5, 5.41) is 9.62. The molecule has 14 rings (SSSR count). The zero-order chi connectivity index (χ0) is 49.2. The maximum absolute atomic E-state index is 6.44. The van der Waals surface area contributed by atoms with Crippen LogP contribution in [0.15, 0.2) is 206 Å². The molecule has 12 heteroatoms. The van der Waals surface area contributed by atoms with Crippen LogP contribution in [0.5, 0.6) is 11.5 Å². The third-order valence-electron chi connectivity index (χ3n) is 13.5. The fourth-order valence-corrected chi connectivity index (χ4v) is 9.85. The van der Waals surface area contributed by atoms with Crippen molar-refractivity contribution < 1.29 is 9.47 Å². The van der Waals surface area contributed by atoms with Gasteiger partial charge in [0.1, 0.15) is 11.5 Å². The first kappa shape index (κ1) is 55.0. The second kappa shape index (κ2) is 24.7. The lowest BCUT2D eigenvalue weighted by Gasteiger charge is -2.15. The van der Waals surface area contributed by atoms with Gasteiger partial charge in [-0.15, -0.1) is 67.9 Å². The SMILES string of the molecule is Br.Br.Br.Br.C1=Cc2cc3ccc(cc4ccc(cc5nc(cc1n2)C=C5)[nH]4)[nH]3.c1ccc2cc3cc4c(-c5cc(OCCc6ccc7ccccc7n6)cc(OCCc6ccc7ccccc7n6)c5)cccc4cc3cc2c1. The summed E-state index contributed by atoms with van der Waals surface area (Å²) in [6.45, 7) is 1.00. The van der Waals surface area contributed by atoms with E-state index in [1.807, 2.05) is 72.8 Å². The van der Waals surface area contributed by atoms with Gasteiger partial charge < -0.3 is 19.4 Å². The minimum absolute atomic E-state index is 0. The Bertz CT molecular complexity index is 4190. The highest BCUT2D eigenvalue weighted by Gasteiger charge is 2.12. The summed E-state index contributed by atoms with van der Waals surface area (Å²) in [6, 6.07) is 71.7. The van der Waals surface area contributed by atoms with Gasteiger partial charge in [0.25, 0.3) is 0 Å². The quantitative estimate of drug-likeness (QED) is 0.140. The topological polar surface area (TPSA) is 102 Å². The number of benzene rings is 7. The highest BCUT2D eigenvalue weighted by molar-refractivity contribution is 8.93. The molecule has 0 radical (unpaired) electrons. The van der Waals surface area contributed by atoms with Gasteiger partial charge in [-0.1, -0.05) is 91.0 Å². The molecule has 0 spiro atoms. The van der Waals surface area contributed by atoms with Crippen LogP contribution < -0.4 is 9.47 Å². The Morgan fingerprint density at radius 2 is 0.756 bits per heavy atom. The predicted octanol–water partition coefficient (Wildman–Crippen LogP) is 18.1. The summed E-state index contributed by atoms with van der Waals surface area (Å²) in [4.78, 5) is 25.7. The number of hydrogen-bond acceptors (Lipinski definition) is 6. The third-order valence-corrected chi connectivity index (χ3v) is 13.5. The van der Waals surface area contributed by atoms with E-state index in [1.54, 1.807) is 0 Å². The van der Waals surface area contributed by atoms with Crippen molar-refractivity contribution in [2.45, 2.75) is 12.8 Å². The summed E-state index contributed by atoms with van der Waals surface area (Å²) in [5.41, 5.74) is 14.1. The van der Waals surface area contributed by atoms with Crippen molar-refractivity contribution in [1.29, 1.82) is 0 Å². The number of hydrogen-bond donors (Lipinski definition) is 2. The molecule has 78 heavy (non-hydrogen) atoms. The van der Waals surface area contributed by atoms with Crippen molar-refractivity contribution >= 4 is 168 Å². The fraction of sp³-hybridized carbons (Fsp3) is 0.0606. The van der Waals surface area contributed by atoms with Gasteiger partial charge in [-0.25, -0.2) is 9.97 Å². The van der Waals surface area contributed by atoms with E-state index in [2.05, 4.69) is 178 Å². The Labute approximate surface area is 493 Å². The van der Waals surface area contributed by atoms with Crippen LogP contribution in [0.3, 0.4) is 0 Å². The summed E-state index contributed by atoms with van der Waals surface area (Å²) in [7, 11) is 0. The number of nitrogens with one attached hydrogen (secondary N) is 2. The van der Waals surface area contributed by atoms with E-state index in [9.17, 15) is 0 Å². The van der Waals surface area contributed by atoms with E-state index in [-0.39, 0.29) is 67.9 Å². The second-order valence-corrected chi connectivity index (χ2v) is 18.7. The highest BCUT2D eigenvalue weighted by atomic mass is 79.9. The number of ether oxygens (including phenoxy) is 2. The average molecular weight is 1280 g/mol.